The molecule has 0 radical (unpaired) electrons. The molecule has 0 saturated carbocycles. The molecule has 10 heteroatoms. The second-order valence-corrected chi connectivity index (χ2v) is 6.67. The van der Waals surface area contributed by atoms with Gasteiger partial charge in [0.05, 0.1) is 27.0 Å². The van der Waals surface area contributed by atoms with Gasteiger partial charge < -0.3 is 24.8 Å². The minimum atomic E-state index is -0.226. The minimum Gasteiger partial charge on any atom is -0.493 e. The first-order chi connectivity index (χ1) is 15.5. The van der Waals surface area contributed by atoms with Crippen LogP contribution in [-0.4, -0.2) is 60.1 Å². The molecule has 1 amide bonds. The molecule has 0 aliphatic heterocycles. The quantitative estimate of drug-likeness (QED) is 0.366. The van der Waals surface area contributed by atoms with Gasteiger partial charge in [0.15, 0.2) is 17.3 Å². The molecule has 2 N–H and O–H groups in total. The summed E-state index contributed by atoms with van der Waals surface area (Å²) >= 11 is 0. The van der Waals surface area contributed by atoms with E-state index in [0.29, 0.717) is 42.0 Å². The zero-order chi connectivity index (χ0) is 22.9. The van der Waals surface area contributed by atoms with Gasteiger partial charge in [-0.3, -0.25) is 4.79 Å². The first kappa shape index (κ1) is 22.6. The van der Waals surface area contributed by atoms with Crippen LogP contribution >= 0.6 is 0 Å². The summed E-state index contributed by atoms with van der Waals surface area (Å²) in [6, 6.07) is 7.22. The zero-order valence-electron chi connectivity index (χ0n) is 18.5. The van der Waals surface area contributed by atoms with E-state index in [1.807, 2.05) is 19.2 Å². The van der Waals surface area contributed by atoms with Crippen LogP contribution in [0.2, 0.25) is 0 Å². The van der Waals surface area contributed by atoms with Gasteiger partial charge in [-0.2, -0.15) is 5.10 Å². The Morgan fingerprint density at radius 2 is 1.81 bits per heavy atom. The van der Waals surface area contributed by atoms with Gasteiger partial charge >= 0.3 is 0 Å². The van der Waals surface area contributed by atoms with Crippen LogP contribution in [-0.2, 0) is 4.79 Å². The lowest BCUT2D eigenvalue weighted by atomic mass is 10.1. The highest BCUT2D eigenvalue weighted by Gasteiger charge is 2.12. The fourth-order valence-electron chi connectivity index (χ4n) is 2.92. The Morgan fingerprint density at radius 3 is 2.44 bits per heavy atom. The predicted octanol–water partition coefficient (Wildman–Crippen LogP) is 2.24. The van der Waals surface area contributed by atoms with Crippen molar-refractivity contribution in [2.75, 3.05) is 39.7 Å². The molecule has 0 atom stereocenters. The van der Waals surface area contributed by atoms with E-state index in [0.717, 1.165) is 11.3 Å². The molecule has 10 nitrogen and oxygen atoms in total. The lowest BCUT2D eigenvalue weighted by molar-refractivity contribution is -0.116. The number of anilines is 1. The third-order valence-electron chi connectivity index (χ3n) is 4.45. The van der Waals surface area contributed by atoms with Gasteiger partial charge in [-0.25, -0.2) is 14.6 Å². The topological polar surface area (TPSA) is 112 Å². The number of nitrogens with zero attached hydrogens (tertiary/aromatic N) is 4. The van der Waals surface area contributed by atoms with Crippen LogP contribution < -0.4 is 24.8 Å². The summed E-state index contributed by atoms with van der Waals surface area (Å²) in [4.78, 5) is 20.6. The smallest absolute Gasteiger partial charge is 0.244 e. The summed E-state index contributed by atoms with van der Waals surface area (Å²) in [6.07, 6.45) is 6.43. The molecule has 3 rings (SSSR count). The molecule has 1 aromatic carbocycles. The maximum atomic E-state index is 12.2. The number of hydrogen-bond donors (Lipinski definition) is 2. The number of aryl methyl sites for hydroxylation is 1. The van der Waals surface area contributed by atoms with Crippen molar-refractivity contribution in [2.45, 2.75) is 6.92 Å². The van der Waals surface area contributed by atoms with Crippen molar-refractivity contribution in [3.05, 3.63) is 54.1 Å². The highest BCUT2D eigenvalue weighted by molar-refractivity contribution is 5.91. The second kappa shape index (κ2) is 10.8. The van der Waals surface area contributed by atoms with E-state index < -0.39 is 0 Å². The first-order valence-corrected chi connectivity index (χ1v) is 9.88. The third-order valence-corrected chi connectivity index (χ3v) is 4.45. The fraction of sp³-hybridized carbons (Fsp3) is 0.273. The van der Waals surface area contributed by atoms with Crippen LogP contribution in [0.3, 0.4) is 0 Å². The number of amides is 1. The summed E-state index contributed by atoms with van der Waals surface area (Å²) in [7, 11) is 4.63. The van der Waals surface area contributed by atoms with Crippen LogP contribution in [0, 0.1) is 6.92 Å². The molecule has 0 bridgehead atoms. The maximum absolute atomic E-state index is 12.2. The number of hydrogen-bond acceptors (Lipinski definition) is 8. The van der Waals surface area contributed by atoms with E-state index >= 15 is 0 Å². The lowest BCUT2D eigenvalue weighted by Gasteiger charge is -2.12. The molecule has 0 unspecified atom stereocenters. The van der Waals surface area contributed by atoms with Crippen LogP contribution in [0.5, 0.6) is 17.2 Å². The molecule has 168 valence electrons. The highest BCUT2D eigenvalue weighted by atomic mass is 16.5. The van der Waals surface area contributed by atoms with E-state index in [1.165, 1.54) is 19.5 Å². The van der Waals surface area contributed by atoms with Crippen LogP contribution in [0.15, 0.2) is 42.9 Å². The molecule has 3 aromatic rings. The molecular weight excluding hydrogens is 412 g/mol. The SMILES string of the molecule is COc1cc(/C=C/C(=O)NCCNc2cc(-n3ccc(C)n3)ncn2)cc(OC)c1OC. The van der Waals surface area contributed by atoms with Crippen LogP contribution in [0.1, 0.15) is 11.3 Å². The molecule has 32 heavy (non-hydrogen) atoms. The number of nitrogens with one attached hydrogen (secondary N) is 2. The fourth-order valence-corrected chi connectivity index (χ4v) is 2.92. The molecule has 0 spiro atoms. The Hall–Kier alpha value is -4.08. The number of rotatable bonds is 10. The van der Waals surface area contributed by atoms with Crippen molar-refractivity contribution < 1.29 is 19.0 Å². The van der Waals surface area contributed by atoms with Crippen molar-refractivity contribution in [1.29, 1.82) is 0 Å². The summed E-state index contributed by atoms with van der Waals surface area (Å²) in [5.74, 6) is 2.61. The van der Waals surface area contributed by atoms with Gasteiger partial charge in [-0.05, 0) is 36.8 Å². The molecule has 0 fully saturated rings. The van der Waals surface area contributed by atoms with Gasteiger partial charge in [-0.1, -0.05) is 0 Å². The van der Waals surface area contributed by atoms with E-state index in [4.69, 9.17) is 14.2 Å². The average Bonchev–Trinajstić information content (AvgIpc) is 3.26. The average molecular weight is 438 g/mol. The zero-order valence-corrected chi connectivity index (χ0v) is 18.5. The van der Waals surface area contributed by atoms with Crippen molar-refractivity contribution in [3.8, 4) is 23.1 Å². The molecule has 0 aliphatic carbocycles. The number of carbonyl (C=O) groups excluding carboxylic acids is 1. The van der Waals surface area contributed by atoms with Crippen molar-refractivity contribution >= 4 is 17.8 Å². The Labute approximate surface area is 186 Å². The van der Waals surface area contributed by atoms with Gasteiger partial charge in [0.1, 0.15) is 12.1 Å². The monoisotopic (exact) mass is 438 g/mol. The van der Waals surface area contributed by atoms with Gasteiger partial charge in [0, 0.05) is 31.4 Å². The van der Waals surface area contributed by atoms with E-state index in [1.54, 1.807) is 43.2 Å². The van der Waals surface area contributed by atoms with Crippen molar-refractivity contribution in [3.63, 3.8) is 0 Å². The van der Waals surface area contributed by atoms with E-state index in [9.17, 15) is 4.79 Å². The Balaban J connectivity index is 1.51. The third kappa shape index (κ3) is 5.75. The van der Waals surface area contributed by atoms with E-state index in [-0.39, 0.29) is 5.91 Å². The van der Waals surface area contributed by atoms with Crippen LogP contribution in [0.25, 0.3) is 11.9 Å². The van der Waals surface area contributed by atoms with Crippen LogP contribution in [0.4, 0.5) is 5.82 Å². The Kier molecular flexibility index (Phi) is 7.63. The van der Waals surface area contributed by atoms with Gasteiger partial charge in [0.25, 0.3) is 0 Å². The first-order valence-electron chi connectivity index (χ1n) is 9.88. The molecule has 2 aromatic heterocycles. The second-order valence-electron chi connectivity index (χ2n) is 6.67. The number of aromatic nitrogens is 4. The lowest BCUT2D eigenvalue weighted by Crippen LogP contribution is -2.27. The summed E-state index contributed by atoms with van der Waals surface area (Å²) in [6.45, 7) is 2.83. The maximum Gasteiger partial charge on any atom is 0.244 e. The summed E-state index contributed by atoms with van der Waals surface area (Å²) in [5.41, 5.74) is 1.65. The standard InChI is InChI=1S/C22H26N6O4/c1-15-7-10-28(27-15)20-13-19(25-14-26-20)23-8-9-24-21(29)6-5-16-11-17(30-2)22(32-4)18(12-16)31-3/h5-7,10-14H,8-9H2,1-4H3,(H,24,29)(H,23,25,26)/b6-5+. The predicted molar refractivity (Wildman–Crippen MR) is 121 cm³/mol. The molecular formula is C22H26N6O4. The number of ether oxygens (including phenoxy) is 3. The Morgan fingerprint density at radius 1 is 1.06 bits per heavy atom. The summed E-state index contributed by atoms with van der Waals surface area (Å²) < 4.78 is 17.6. The normalized spacial score (nSPS) is 10.8. The highest BCUT2D eigenvalue weighted by Crippen LogP contribution is 2.38. The largest absolute Gasteiger partial charge is 0.493 e. The number of benzene rings is 1. The molecule has 0 aliphatic rings. The number of methoxy groups -OCH3 is 3. The summed E-state index contributed by atoms with van der Waals surface area (Å²) in [5, 5.41) is 10.3. The van der Waals surface area contributed by atoms with E-state index in [2.05, 4.69) is 25.7 Å². The number of carbonyl (C=O) groups is 1. The molecule has 0 saturated heterocycles. The van der Waals surface area contributed by atoms with Crippen molar-refractivity contribution in [2.24, 2.45) is 0 Å². The van der Waals surface area contributed by atoms with Crippen molar-refractivity contribution in [1.82, 2.24) is 25.1 Å². The Bertz CT molecular complexity index is 1070. The van der Waals surface area contributed by atoms with Gasteiger partial charge in [-0.15, -0.1) is 0 Å². The van der Waals surface area contributed by atoms with Gasteiger partial charge in [0.2, 0.25) is 11.7 Å². The minimum absolute atomic E-state index is 0.226. The molecule has 2 heterocycles.